The number of hydrogen-bond acceptors (Lipinski definition) is 7. The van der Waals surface area contributed by atoms with Crippen molar-refractivity contribution in [2.24, 2.45) is 0 Å². The lowest BCUT2D eigenvalue weighted by molar-refractivity contribution is 0.122. The van der Waals surface area contributed by atoms with Gasteiger partial charge in [0.05, 0.1) is 25.5 Å². The molecule has 1 unspecified atom stereocenters. The molecular weight excluding hydrogens is 354 g/mol. The van der Waals surface area contributed by atoms with Crippen LogP contribution in [0.2, 0.25) is 0 Å². The molecule has 2 aromatic rings. The number of halogens is 2. The van der Waals surface area contributed by atoms with Crippen LogP contribution in [0, 0.1) is 5.82 Å². The molecule has 0 aromatic carbocycles. The van der Waals surface area contributed by atoms with E-state index in [1.54, 1.807) is 13.0 Å². The molecule has 2 N–H and O–H groups in total. The van der Waals surface area contributed by atoms with Gasteiger partial charge in [0.1, 0.15) is 11.5 Å². The Bertz CT molecular complexity index is 841. The van der Waals surface area contributed by atoms with Crippen molar-refractivity contribution in [3.05, 3.63) is 24.1 Å². The van der Waals surface area contributed by atoms with E-state index in [0.29, 0.717) is 62.3 Å². The molecule has 1 atom stereocenters. The van der Waals surface area contributed by atoms with Crippen LogP contribution >= 0.6 is 0 Å². The van der Waals surface area contributed by atoms with Gasteiger partial charge in [-0.3, -0.25) is 0 Å². The first kappa shape index (κ1) is 17.8. The first-order chi connectivity index (χ1) is 12.9. The zero-order chi connectivity index (χ0) is 19.0. The fourth-order valence-electron chi connectivity index (χ4n) is 3.35. The summed E-state index contributed by atoms with van der Waals surface area (Å²) in [6, 6.07) is 3.10. The van der Waals surface area contributed by atoms with E-state index in [9.17, 15) is 8.78 Å². The average molecular weight is 376 g/mol. The van der Waals surface area contributed by atoms with E-state index >= 15 is 0 Å². The second-order valence-electron chi connectivity index (χ2n) is 7.19. The molecule has 0 saturated carbocycles. The summed E-state index contributed by atoms with van der Waals surface area (Å²) in [6.45, 7) is 4.97. The smallest absolute Gasteiger partial charge is 0.227 e. The number of hydrogen-bond donors (Lipinski definition) is 1. The lowest BCUT2D eigenvalue weighted by atomic mass is 10.1. The molecule has 0 spiro atoms. The molecule has 9 heteroatoms. The molecule has 2 fully saturated rings. The summed E-state index contributed by atoms with van der Waals surface area (Å²) >= 11 is 0. The van der Waals surface area contributed by atoms with Gasteiger partial charge in [-0.15, -0.1) is 0 Å². The number of nitrogens with zero attached hydrogens (tertiary/aromatic N) is 5. The zero-order valence-electron chi connectivity index (χ0n) is 15.2. The van der Waals surface area contributed by atoms with Gasteiger partial charge in [0.25, 0.3) is 0 Å². The van der Waals surface area contributed by atoms with E-state index in [1.807, 2.05) is 4.90 Å². The van der Waals surface area contributed by atoms with Gasteiger partial charge in [-0.05, 0) is 13.0 Å². The highest BCUT2D eigenvalue weighted by atomic mass is 19.1. The SMILES string of the molecule is CC1(F)CCN(c2nc(-c3cnc(N)c(F)c3)cc(N3CCOCC3)n2)C1. The second-order valence-corrected chi connectivity index (χ2v) is 7.19. The van der Waals surface area contributed by atoms with E-state index < -0.39 is 11.5 Å². The number of nitrogen functional groups attached to an aromatic ring is 1. The lowest BCUT2D eigenvalue weighted by Crippen LogP contribution is -2.37. The van der Waals surface area contributed by atoms with E-state index in [1.165, 1.54) is 12.3 Å². The molecule has 2 aromatic heterocycles. The van der Waals surface area contributed by atoms with Crippen LogP contribution in [0.25, 0.3) is 11.3 Å². The Kier molecular flexibility index (Phi) is 4.55. The van der Waals surface area contributed by atoms with Gasteiger partial charge in [0, 0.05) is 43.9 Å². The van der Waals surface area contributed by atoms with E-state index in [4.69, 9.17) is 10.5 Å². The van der Waals surface area contributed by atoms with Crippen LogP contribution < -0.4 is 15.5 Å². The summed E-state index contributed by atoms with van der Waals surface area (Å²) < 4.78 is 33.6. The number of nitrogens with two attached hydrogens (primary N) is 1. The van der Waals surface area contributed by atoms with Gasteiger partial charge in [-0.2, -0.15) is 4.98 Å². The highest BCUT2D eigenvalue weighted by molar-refractivity contribution is 5.65. The third kappa shape index (κ3) is 3.78. The molecule has 4 rings (SSSR count). The van der Waals surface area contributed by atoms with E-state index in [0.717, 1.165) is 0 Å². The van der Waals surface area contributed by atoms with Crippen LogP contribution in [0.4, 0.5) is 26.4 Å². The van der Waals surface area contributed by atoms with Crippen molar-refractivity contribution < 1.29 is 13.5 Å². The third-order valence-corrected chi connectivity index (χ3v) is 4.91. The van der Waals surface area contributed by atoms with Crippen molar-refractivity contribution in [1.82, 2.24) is 15.0 Å². The largest absolute Gasteiger partial charge is 0.381 e. The molecule has 27 heavy (non-hydrogen) atoms. The maximum absolute atomic E-state index is 14.3. The lowest BCUT2D eigenvalue weighted by Gasteiger charge is -2.29. The predicted octanol–water partition coefficient (Wildman–Crippen LogP) is 2.03. The van der Waals surface area contributed by atoms with E-state index in [-0.39, 0.29) is 12.4 Å². The fraction of sp³-hybridized carbons (Fsp3) is 0.500. The Hall–Kier alpha value is -2.55. The monoisotopic (exact) mass is 376 g/mol. The summed E-state index contributed by atoms with van der Waals surface area (Å²) in [4.78, 5) is 17.0. The third-order valence-electron chi connectivity index (χ3n) is 4.91. The molecule has 7 nitrogen and oxygen atoms in total. The number of aromatic nitrogens is 3. The summed E-state index contributed by atoms with van der Waals surface area (Å²) in [5.74, 6) is 0.392. The summed E-state index contributed by atoms with van der Waals surface area (Å²) in [6.07, 6.45) is 1.91. The highest BCUT2D eigenvalue weighted by Crippen LogP contribution is 2.31. The minimum atomic E-state index is -1.27. The van der Waals surface area contributed by atoms with Crippen LogP contribution in [0.3, 0.4) is 0 Å². The molecule has 0 amide bonds. The molecule has 0 radical (unpaired) electrons. The minimum absolute atomic E-state index is 0.158. The Morgan fingerprint density at radius 1 is 1.15 bits per heavy atom. The predicted molar refractivity (Wildman–Crippen MR) is 99.0 cm³/mol. The molecule has 2 aliphatic rings. The topological polar surface area (TPSA) is 80.4 Å². The molecule has 0 aliphatic carbocycles. The van der Waals surface area contributed by atoms with Crippen molar-refractivity contribution in [3.63, 3.8) is 0 Å². The van der Waals surface area contributed by atoms with Crippen LogP contribution in [-0.2, 0) is 4.74 Å². The maximum Gasteiger partial charge on any atom is 0.227 e. The average Bonchev–Trinajstić information content (AvgIpc) is 3.04. The van der Waals surface area contributed by atoms with E-state index in [2.05, 4.69) is 19.9 Å². The van der Waals surface area contributed by atoms with Gasteiger partial charge >= 0.3 is 0 Å². The summed E-state index contributed by atoms with van der Waals surface area (Å²) in [5, 5.41) is 0. The van der Waals surface area contributed by atoms with Crippen molar-refractivity contribution >= 4 is 17.6 Å². The van der Waals surface area contributed by atoms with Crippen LogP contribution in [0.5, 0.6) is 0 Å². The van der Waals surface area contributed by atoms with Gasteiger partial charge in [-0.1, -0.05) is 0 Å². The number of alkyl halides is 1. The molecule has 4 heterocycles. The molecular formula is C18H22F2N6O. The molecule has 2 saturated heterocycles. The Balaban J connectivity index is 1.75. The fourth-order valence-corrected chi connectivity index (χ4v) is 3.35. The minimum Gasteiger partial charge on any atom is -0.381 e. The first-order valence-electron chi connectivity index (χ1n) is 8.98. The summed E-state index contributed by atoms with van der Waals surface area (Å²) in [5.41, 5.74) is 5.24. The molecule has 0 bridgehead atoms. The zero-order valence-corrected chi connectivity index (χ0v) is 15.2. The number of rotatable bonds is 3. The molecule has 144 valence electrons. The van der Waals surface area contributed by atoms with Crippen LogP contribution in [0.15, 0.2) is 18.3 Å². The number of pyridine rings is 1. The Morgan fingerprint density at radius 3 is 2.59 bits per heavy atom. The Morgan fingerprint density at radius 2 is 1.93 bits per heavy atom. The number of morpholine rings is 1. The van der Waals surface area contributed by atoms with Crippen LogP contribution in [0.1, 0.15) is 13.3 Å². The van der Waals surface area contributed by atoms with Gasteiger partial charge < -0.3 is 20.3 Å². The quantitative estimate of drug-likeness (QED) is 0.878. The normalized spacial score (nSPS) is 23.1. The maximum atomic E-state index is 14.3. The standard InChI is InChI=1S/C18H22F2N6O/c1-18(20)2-3-26(11-18)17-23-14(12-8-13(19)16(21)22-10-12)9-15(24-17)25-4-6-27-7-5-25/h8-10H,2-7,11H2,1H3,(H2,21,22). The second kappa shape index (κ2) is 6.88. The number of ether oxygens (including phenoxy) is 1. The molecule has 2 aliphatic heterocycles. The van der Waals surface area contributed by atoms with Gasteiger partial charge in [0.15, 0.2) is 11.6 Å². The van der Waals surface area contributed by atoms with Crippen LogP contribution in [-0.4, -0.2) is 60.0 Å². The number of anilines is 3. The first-order valence-corrected chi connectivity index (χ1v) is 8.98. The van der Waals surface area contributed by atoms with Gasteiger partial charge in [0.2, 0.25) is 5.95 Å². The van der Waals surface area contributed by atoms with Crippen molar-refractivity contribution in [2.75, 3.05) is 54.9 Å². The summed E-state index contributed by atoms with van der Waals surface area (Å²) in [7, 11) is 0. The highest BCUT2D eigenvalue weighted by Gasteiger charge is 2.35. The Labute approximate surface area is 156 Å². The van der Waals surface area contributed by atoms with Crippen molar-refractivity contribution in [1.29, 1.82) is 0 Å². The van der Waals surface area contributed by atoms with Gasteiger partial charge in [-0.25, -0.2) is 18.7 Å². The van der Waals surface area contributed by atoms with Crippen molar-refractivity contribution in [2.45, 2.75) is 19.0 Å². The van der Waals surface area contributed by atoms with Crippen molar-refractivity contribution in [3.8, 4) is 11.3 Å².